The summed E-state index contributed by atoms with van der Waals surface area (Å²) in [7, 11) is -2.69. The number of alkyl halides is 2. The highest BCUT2D eigenvalue weighted by Gasteiger charge is 2.69. The Bertz CT molecular complexity index is 1040. The lowest BCUT2D eigenvalue weighted by Gasteiger charge is -2.60. The second-order valence-corrected chi connectivity index (χ2v) is 14.8. The average Bonchev–Trinajstić information content (AvgIpc) is 2.86. The van der Waals surface area contributed by atoms with Crippen LogP contribution in [0.1, 0.15) is 5.56 Å². The first-order valence-electron chi connectivity index (χ1n) is 10.4. The van der Waals surface area contributed by atoms with Crippen molar-refractivity contribution in [1.82, 2.24) is 0 Å². The molecule has 31 heavy (non-hydrogen) atoms. The lowest BCUT2D eigenvalue weighted by molar-refractivity contribution is 0.729. The van der Waals surface area contributed by atoms with Gasteiger partial charge in [-0.05, 0) is 21.1 Å². The Morgan fingerprint density at radius 3 is 1.23 bits per heavy atom. The van der Waals surface area contributed by atoms with Gasteiger partial charge in [0, 0.05) is 0 Å². The molecule has 3 atom stereocenters. The van der Waals surface area contributed by atoms with Gasteiger partial charge in [0.1, 0.15) is 0 Å². The standard InChI is InChI=1S/C27H22Cl2SSi/c28-25-26(29)30-27(25,21-13-5-1-6-14-21)31(22-15-7-2-8-16-22,23-17-9-3-10-18-23)24-19-11-4-12-20-24/h1-20,25-26H/t25-,26+,27+/m1/s1. The van der Waals surface area contributed by atoms with E-state index in [-0.39, 0.29) is 14.5 Å². The summed E-state index contributed by atoms with van der Waals surface area (Å²) in [6, 6.07) is 43.6. The van der Waals surface area contributed by atoms with Crippen molar-refractivity contribution in [1.29, 1.82) is 0 Å². The molecule has 1 fully saturated rings. The van der Waals surface area contributed by atoms with Gasteiger partial charge in [0.05, 0.1) is 14.5 Å². The van der Waals surface area contributed by atoms with Crippen molar-refractivity contribution in [2.75, 3.05) is 0 Å². The molecule has 0 unspecified atom stereocenters. The molecule has 0 bridgehead atoms. The van der Waals surface area contributed by atoms with Gasteiger partial charge in [0.2, 0.25) is 0 Å². The molecule has 0 N–H and O–H groups in total. The van der Waals surface area contributed by atoms with Crippen LogP contribution in [-0.2, 0) is 4.37 Å². The lowest BCUT2D eigenvalue weighted by atomic mass is 10.1. The van der Waals surface area contributed by atoms with Gasteiger partial charge >= 0.3 is 0 Å². The van der Waals surface area contributed by atoms with E-state index in [2.05, 4.69) is 121 Å². The van der Waals surface area contributed by atoms with Gasteiger partial charge in [-0.3, -0.25) is 0 Å². The third-order valence-corrected chi connectivity index (χ3v) is 15.9. The van der Waals surface area contributed by atoms with Gasteiger partial charge in [0.15, 0.2) is 8.07 Å². The minimum Gasteiger partial charge on any atom is -0.129 e. The molecule has 1 heterocycles. The molecule has 0 nitrogen and oxygen atoms in total. The van der Waals surface area contributed by atoms with E-state index in [0.29, 0.717) is 0 Å². The van der Waals surface area contributed by atoms with E-state index in [1.807, 2.05) is 11.8 Å². The van der Waals surface area contributed by atoms with Gasteiger partial charge in [0.25, 0.3) is 0 Å². The van der Waals surface area contributed by atoms with Crippen LogP contribution >= 0.6 is 35.0 Å². The van der Waals surface area contributed by atoms with Gasteiger partial charge in [-0.2, -0.15) is 0 Å². The molecule has 5 rings (SSSR count). The Morgan fingerprint density at radius 2 is 0.903 bits per heavy atom. The summed E-state index contributed by atoms with van der Waals surface area (Å²) < 4.78 is -0.475. The summed E-state index contributed by atoms with van der Waals surface area (Å²) >= 11 is 15.9. The summed E-state index contributed by atoms with van der Waals surface area (Å²) in [5.41, 5.74) is 1.25. The third kappa shape index (κ3) is 3.12. The fourth-order valence-electron chi connectivity index (χ4n) is 5.05. The van der Waals surface area contributed by atoms with Gasteiger partial charge in [-0.1, -0.05) is 121 Å². The fourth-order valence-corrected chi connectivity index (χ4v) is 15.8. The molecular weight excluding hydrogens is 455 g/mol. The van der Waals surface area contributed by atoms with E-state index in [1.165, 1.54) is 21.1 Å². The second kappa shape index (κ2) is 8.52. The van der Waals surface area contributed by atoms with Crippen LogP contribution in [0, 0.1) is 0 Å². The predicted molar refractivity (Wildman–Crippen MR) is 139 cm³/mol. The maximum atomic E-state index is 7.27. The summed E-state index contributed by atoms with van der Waals surface area (Å²) in [5.74, 6) is 0. The van der Waals surface area contributed by atoms with Crippen molar-refractivity contribution in [3.63, 3.8) is 0 Å². The van der Waals surface area contributed by atoms with Crippen molar-refractivity contribution in [2.45, 2.75) is 14.5 Å². The predicted octanol–water partition coefficient (Wildman–Crippen LogP) is 5.51. The number of thioether (sulfide) groups is 1. The summed E-state index contributed by atoms with van der Waals surface area (Å²) in [6.45, 7) is 0. The van der Waals surface area contributed by atoms with Crippen molar-refractivity contribution in [3.05, 3.63) is 127 Å². The molecule has 1 aliphatic rings. The van der Waals surface area contributed by atoms with E-state index in [0.717, 1.165) is 0 Å². The average molecular weight is 478 g/mol. The largest absolute Gasteiger partial charge is 0.170 e. The quantitative estimate of drug-likeness (QED) is 0.208. The number of benzene rings is 4. The molecular formula is C27H22Cl2SSi. The van der Waals surface area contributed by atoms with Gasteiger partial charge in [-0.25, -0.2) is 0 Å². The molecule has 0 radical (unpaired) electrons. The Morgan fingerprint density at radius 1 is 0.548 bits per heavy atom. The van der Waals surface area contributed by atoms with Crippen molar-refractivity contribution >= 4 is 58.6 Å². The molecule has 0 aromatic heterocycles. The Kier molecular flexibility index (Phi) is 5.74. The molecule has 0 amide bonds. The fraction of sp³-hybridized carbons (Fsp3) is 0.111. The number of hydrogen-bond acceptors (Lipinski definition) is 1. The minimum atomic E-state index is -2.69. The van der Waals surface area contributed by atoms with Gasteiger partial charge < -0.3 is 0 Å². The summed E-state index contributed by atoms with van der Waals surface area (Å²) in [6.07, 6.45) is 0. The number of hydrogen-bond donors (Lipinski definition) is 0. The molecule has 0 aliphatic carbocycles. The smallest absolute Gasteiger partial charge is 0.129 e. The molecule has 1 aliphatic heterocycles. The minimum absolute atomic E-state index is 0.134. The van der Waals surface area contributed by atoms with Crippen molar-refractivity contribution in [2.24, 2.45) is 0 Å². The highest BCUT2D eigenvalue weighted by Crippen LogP contribution is 2.62. The normalized spacial score (nSPS) is 23.2. The Labute approximate surface area is 199 Å². The van der Waals surface area contributed by atoms with E-state index in [4.69, 9.17) is 23.2 Å². The van der Waals surface area contributed by atoms with E-state index >= 15 is 0 Å². The monoisotopic (exact) mass is 476 g/mol. The van der Waals surface area contributed by atoms with E-state index in [1.54, 1.807) is 0 Å². The first-order chi connectivity index (χ1) is 15.2. The molecule has 0 spiro atoms. The molecule has 4 heteroatoms. The van der Waals surface area contributed by atoms with Crippen LogP contribution in [0.3, 0.4) is 0 Å². The van der Waals surface area contributed by atoms with Crippen LogP contribution in [-0.4, -0.2) is 18.2 Å². The van der Waals surface area contributed by atoms with Crippen molar-refractivity contribution < 1.29 is 0 Å². The molecule has 154 valence electrons. The van der Waals surface area contributed by atoms with E-state index in [9.17, 15) is 0 Å². The van der Waals surface area contributed by atoms with Crippen LogP contribution in [0.5, 0.6) is 0 Å². The Balaban J connectivity index is 1.95. The topological polar surface area (TPSA) is 0 Å². The highest BCUT2D eigenvalue weighted by atomic mass is 35.5. The SMILES string of the molecule is Cl[C@@H]1[C@@H](Cl)S[C@@]1(c1ccccc1)[Si](c1ccccc1)(c1ccccc1)c1ccccc1. The highest BCUT2D eigenvalue weighted by molar-refractivity contribution is 8.06. The maximum absolute atomic E-state index is 7.27. The lowest BCUT2D eigenvalue weighted by Crippen LogP contribution is -2.83. The van der Waals surface area contributed by atoms with Gasteiger partial charge in [-0.15, -0.1) is 35.0 Å². The zero-order valence-corrected chi connectivity index (χ0v) is 20.2. The number of rotatable bonds is 5. The molecule has 0 saturated carbocycles. The zero-order valence-electron chi connectivity index (χ0n) is 16.9. The van der Waals surface area contributed by atoms with Crippen LogP contribution in [0.2, 0.25) is 0 Å². The molecule has 4 aromatic rings. The first kappa shape index (κ1) is 20.9. The van der Waals surface area contributed by atoms with Crippen LogP contribution in [0.25, 0.3) is 0 Å². The summed E-state index contributed by atoms with van der Waals surface area (Å²) in [5, 5.41) is 3.84. The maximum Gasteiger partial charge on any atom is 0.170 e. The molecule has 4 aromatic carbocycles. The molecule has 1 saturated heterocycles. The van der Waals surface area contributed by atoms with Crippen LogP contribution in [0.15, 0.2) is 121 Å². The van der Waals surface area contributed by atoms with E-state index < -0.39 is 8.07 Å². The van der Waals surface area contributed by atoms with Crippen LogP contribution in [0.4, 0.5) is 0 Å². The zero-order chi connectivity index (χ0) is 21.3. The summed E-state index contributed by atoms with van der Waals surface area (Å²) in [4.78, 5) is 0. The number of halogens is 2. The van der Waals surface area contributed by atoms with Crippen molar-refractivity contribution in [3.8, 4) is 0 Å². The first-order valence-corrected chi connectivity index (χ1v) is 14.1. The third-order valence-electron chi connectivity index (χ3n) is 6.30. The second-order valence-electron chi connectivity index (χ2n) is 7.82. The van der Waals surface area contributed by atoms with Crippen LogP contribution < -0.4 is 15.6 Å². The Hall–Kier alpha value is -1.97.